The molecule has 5 heteroatoms. The summed E-state index contributed by atoms with van der Waals surface area (Å²) in [5.41, 5.74) is 6.93. The molecule has 0 bridgehead atoms. The molecule has 0 saturated heterocycles. The summed E-state index contributed by atoms with van der Waals surface area (Å²) in [6.45, 7) is 0. The van der Waals surface area contributed by atoms with Gasteiger partial charge in [0.2, 0.25) is 0 Å². The van der Waals surface area contributed by atoms with Crippen LogP contribution in [0.2, 0.25) is 0 Å². The summed E-state index contributed by atoms with van der Waals surface area (Å²) in [7, 11) is 1.87. The quantitative estimate of drug-likeness (QED) is 0.697. The minimum atomic E-state index is 0.0278. The van der Waals surface area contributed by atoms with Crippen molar-refractivity contribution in [3.05, 3.63) is 46.5 Å². The molecule has 0 atom stereocenters. The van der Waals surface area contributed by atoms with E-state index in [1.165, 1.54) is 0 Å². The summed E-state index contributed by atoms with van der Waals surface area (Å²) in [5.74, 6) is 0.781. The van der Waals surface area contributed by atoms with Crippen LogP contribution in [0, 0.1) is 0 Å². The summed E-state index contributed by atoms with van der Waals surface area (Å²) in [6, 6.07) is 5.18. The number of carbonyl (C=O) groups is 1. The number of imidazole rings is 1. The molecule has 0 aliphatic rings. The van der Waals surface area contributed by atoms with Gasteiger partial charge in [-0.3, -0.25) is 4.79 Å². The normalized spacial score (nSPS) is 10.5. The van der Waals surface area contributed by atoms with Crippen LogP contribution in [-0.2, 0) is 13.5 Å². The topological polar surface area (TPSA) is 60.9 Å². The Morgan fingerprint density at radius 1 is 1.53 bits per heavy atom. The first-order chi connectivity index (χ1) is 8.08. The molecule has 0 saturated carbocycles. The average molecular weight is 294 g/mol. The Hall–Kier alpha value is -1.62. The van der Waals surface area contributed by atoms with E-state index >= 15 is 0 Å². The number of halogens is 1. The van der Waals surface area contributed by atoms with Crippen LogP contribution >= 0.6 is 15.9 Å². The Kier molecular flexibility index (Phi) is 3.28. The van der Waals surface area contributed by atoms with Crippen molar-refractivity contribution in [2.45, 2.75) is 6.42 Å². The highest BCUT2D eigenvalue weighted by atomic mass is 79.9. The summed E-state index contributed by atoms with van der Waals surface area (Å²) in [5, 5.41) is 0. The molecule has 0 aliphatic heterocycles. The van der Waals surface area contributed by atoms with E-state index in [2.05, 4.69) is 20.9 Å². The summed E-state index contributed by atoms with van der Waals surface area (Å²) in [4.78, 5) is 16.1. The Morgan fingerprint density at radius 3 is 2.88 bits per heavy atom. The van der Waals surface area contributed by atoms with Gasteiger partial charge in [-0.05, 0) is 34.1 Å². The number of anilines is 1. The lowest BCUT2D eigenvalue weighted by Gasteiger charge is -2.04. The highest BCUT2D eigenvalue weighted by Crippen LogP contribution is 2.21. The molecule has 2 N–H and O–H groups in total. The Morgan fingerprint density at radius 2 is 2.29 bits per heavy atom. The zero-order valence-electron chi connectivity index (χ0n) is 9.35. The standard InChI is InChI=1S/C12H12BrN3O/c1-16-5-4-15-12(16)7-11(17)8-2-3-10(14)9(13)6-8/h2-6H,7,14H2,1H3. The zero-order chi connectivity index (χ0) is 12.4. The lowest BCUT2D eigenvalue weighted by atomic mass is 10.1. The van der Waals surface area contributed by atoms with Crippen LogP contribution in [0.4, 0.5) is 5.69 Å². The summed E-state index contributed by atoms with van der Waals surface area (Å²) >= 11 is 3.31. The molecule has 0 unspecified atom stereocenters. The van der Waals surface area contributed by atoms with E-state index in [0.29, 0.717) is 17.7 Å². The number of carbonyl (C=O) groups excluding carboxylic acids is 1. The number of nitrogens with zero attached hydrogens (tertiary/aromatic N) is 2. The van der Waals surface area contributed by atoms with Crippen LogP contribution in [0.5, 0.6) is 0 Å². The van der Waals surface area contributed by atoms with E-state index in [4.69, 9.17) is 5.73 Å². The largest absolute Gasteiger partial charge is 0.398 e. The van der Waals surface area contributed by atoms with Gasteiger partial charge in [0, 0.05) is 35.2 Å². The van der Waals surface area contributed by atoms with Gasteiger partial charge in [-0.1, -0.05) is 0 Å². The van der Waals surface area contributed by atoms with Gasteiger partial charge in [0.15, 0.2) is 5.78 Å². The Balaban J connectivity index is 2.20. The second-order valence-corrected chi connectivity index (χ2v) is 4.64. The van der Waals surface area contributed by atoms with Crippen molar-refractivity contribution in [1.82, 2.24) is 9.55 Å². The first-order valence-electron chi connectivity index (χ1n) is 5.12. The summed E-state index contributed by atoms with van der Waals surface area (Å²) in [6.07, 6.45) is 3.79. The number of aromatic nitrogens is 2. The molecule has 4 nitrogen and oxygen atoms in total. The fourth-order valence-corrected chi connectivity index (χ4v) is 1.89. The molecule has 0 aliphatic carbocycles. The minimum Gasteiger partial charge on any atom is -0.398 e. The van der Waals surface area contributed by atoms with Crippen molar-refractivity contribution in [3.63, 3.8) is 0 Å². The minimum absolute atomic E-state index is 0.0278. The summed E-state index contributed by atoms with van der Waals surface area (Å²) < 4.78 is 2.58. The molecule has 1 heterocycles. The number of ketones is 1. The number of hydrogen-bond acceptors (Lipinski definition) is 3. The molecule has 88 valence electrons. The maximum absolute atomic E-state index is 12.0. The van der Waals surface area contributed by atoms with Crippen molar-refractivity contribution in [1.29, 1.82) is 0 Å². The number of hydrogen-bond donors (Lipinski definition) is 1. The molecule has 1 aromatic heterocycles. The van der Waals surface area contributed by atoms with E-state index in [9.17, 15) is 4.79 Å². The predicted molar refractivity (Wildman–Crippen MR) is 69.8 cm³/mol. The fourth-order valence-electron chi connectivity index (χ4n) is 1.51. The van der Waals surface area contributed by atoms with E-state index in [0.717, 1.165) is 10.3 Å². The first-order valence-corrected chi connectivity index (χ1v) is 5.91. The third-order valence-corrected chi connectivity index (χ3v) is 3.25. The van der Waals surface area contributed by atoms with Gasteiger partial charge in [-0.15, -0.1) is 0 Å². The van der Waals surface area contributed by atoms with Gasteiger partial charge in [0.1, 0.15) is 5.82 Å². The number of benzene rings is 1. The molecule has 0 amide bonds. The van der Waals surface area contributed by atoms with Crippen LogP contribution in [0.3, 0.4) is 0 Å². The highest BCUT2D eigenvalue weighted by molar-refractivity contribution is 9.10. The second-order valence-electron chi connectivity index (χ2n) is 3.79. The van der Waals surface area contributed by atoms with Gasteiger partial charge in [-0.25, -0.2) is 4.98 Å². The molecular formula is C12H12BrN3O. The maximum Gasteiger partial charge on any atom is 0.170 e. The van der Waals surface area contributed by atoms with Crippen LogP contribution < -0.4 is 5.73 Å². The average Bonchev–Trinajstić information content (AvgIpc) is 2.68. The van der Waals surface area contributed by atoms with Gasteiger partial charge in [-0.2, -0.15) is 0 Å². The van der Waals surface area contributed by atoms with E-state index in [-0.39, 0.29) is 5.78 Å². The van der Waals surface area contributed by atoms with Crippen molar-refractivity contribution < 1.29 is 4.79 Å². The fraction of sp³-hybridized carbons (Fsp3) is 0.167. The van der Waals surface area contributed by atoms with Crippen molar-refractivity contribution in [2.75, 3.05) is 5.73 Å². The molecular weight excluding hydrogens is 282 g/mol. The third-order valence-electron chi connectivity index (χ3n) is 2.56. The lowest BCUT2D eigenvalue weighted by molar-refractivity contribution is 0.0990. The zero-order valence-corrected chi connectivity index (χ0v) is 10.9. The molecule has 1 aromatic carbocycles. The number of rotatable bonds is 3. The maximum atomic E-state index is 12.0. The number of nitrogen functional groups attached to an aromatic ring is 1. The third kappa shape index (κ3) is 2.55. The van der Waals surface area contributed by atoms with Crippen LogP contribution in [0.15, 0.2) is 35.1 Å². The van der Waals surface area contributed by atoms with E-state index in [1.54, 1.807) is 24.4 Å². The molecule has 0 fully saturated rings. The molecule has 0 spiro atoms. The Bertz CT molecular complexity index is 563. The molecule has 17 heavy (non-hydrogen) atoms. The van der Waals surface area contributed by atoms with Gasteiger partial charge >= 0.3 is 0 Å². The van der Waals surface area contributed by atoms with Crippen molar-refractivity contribution >= 4 is 27.4 Å². The van der Waals surface area contributed by atoms with E-state index < -0.39 is 0 Å². The van der Waals surface area contributed by atoms with Crippen LogP contribution in [0.25, 0.3) is 0 Å². The lowest BCUT2D eigenvalue weighted by Crippen LogP contribution is -2.08. The van der Waals surface area contributed by atoms with Gasteiger partial charge < -0.3 is 10.3 Å². The van der Waals surface area contributed by atoms with E-state index in [1.807, 2.05) is 17.8 Å². The molecule has 0 radical (unpaired) electrons. The monoisotopic (exact) mass is 293 g/mol. The second kappa shape index (κ2) is 4.71. The SMILES string of the molecule is Cn1ccnc1CC(=O)c1ccc(N)c(Br)c1. The number of Topliss-reactive ketones (excluding diaryl/α,β-unsaturated/α-hetero) is 1. The van der Waals surface area contributed by atoms with Gasteiger partial charge in [0.25, 0.3) is 0 Å². The molecule has 2 aromatic rings. The van der Waals surface area contributed by atoms with Crippen LogP contribution in [0.1, 0.15) is 16.2 Å². The van der Waals surface area contributed by atoms with Crippen molar-refractivity contribution in [3.8, 4) is 0 Å². The smallest absolute Gasteiger partial charge is 0.170 e. The predicted octanol–water partition coefficient (Wildman–Crippen LogP) is 2.19. The van der Waals surface area contributed by atoms with Gasteiger partial charge in [0.05, 0.1) is 6.42 Å². The number of nitrogens with two attached hydrogens (primary N) is 1. The molecule has 2 rings (SSSR count). The van der Waals surface area contributed by atoms with Crippen molar-refractivity contribution in [2.24, 2.45) is 7.05 Å². The number of aryl methyl sites for hydroxylation is 1. The Labute approximate surface area is 108 Å². The highest BCUT2D eigenvalue weighted by Gasteiger charge is 2.11. The van der Waals surface area contributed by atoms with Crippen LogP contribution in [-0.4, -0.2) is 15.3 Å². The first kappa shape index (κ1) is 11.9.